The molecule has 3 aromatic rings. The molecule has 0 saturated heterocycles. The molecule has 1 heteroatoms. The van der Waals surface area contributed by atoms with Crippen LogP contribution in [-0.4, -0.2) is 0 Å². The molecule has 0 radical (unpaired) electrons. The minimum atomic E-state index is 0.808. The Bertz CT molecular complexity index is 1060. The van der Waals surface area contributed by atoms with Crippen LogP contribution in [0.15, 0.2) is 91.0 Å². The van der Waals surface area contributed by atoms with Crippen molar-refractivity contribution in [3.05, 3.63) is 113 Å². The van der Waals surface area contributed by atoms with Gasteiger partial charge in [-0.05, 0) is 71.7 Å². The van der Waals surface area contributed by atoms with Crippen LogP contribution in [0.2, 0.25) is 0 Å². The first-order valence-electron chi connectivity index (χ1n) is 10.3. The van der Waals surface area contributed by atoms with Crippen LogP contribution < -0.4 is 5.73 Å². The van der Waals surface area contributed by atoms with E-state index in [1.807, 2.05) is 6.07 Å². The number of nitrogen functional groups attached to an aromatic ring is 1. The summed E-state index contributed by atoms with van der Waals surface area (Å²) in [5.74, 6) is 0. The van der Waals surface area contributed by atoms with Gasteiger partial charge in [-0.25, -0.2) is 0 Å². The van der Waals surface area contributed by atoms with Gasteiger partial charge in [0.15, 0.2) is 0 Å². The zero-order chi connectivity index (χ0) is 20.1. The highest BCUT2D eigenvalue weighted by atomic mass is 14.6. The molecule has 0 aromatic heterocycles. The van der Waals surface area contributed by atoms with Crippen molar-refractivity contribution in [1.29, 1.82) is 0 Å². The van der Waals surface area contributed by atoms with E-state index in [0.29, 0.717) is 0 Å². The highest BCUT2D eigenvalue weighted by Gasteiger charge is 2.04. The van der Waals surface area contributed by atoms with Crippen molar-refractivity contribution in [3.8, 4) is 11.1 Å². The predicted molar refractivity (Wildman–Crippen MR) is 127 cm³/mol. The number of rotatable bonds is 5. The van der Waals surface area contributed by atoms with E-state index in [2.05, 4.69) is 98.0 Å². The maximum absolute atomic E-state index is 6.22. The van der Waals surface area contributed by atoms with Crippen LogP contribution in [0.5, 0.6) is 0 Å². The van der Waals surface area contributed by atoms with Gasteiger partial charge in [0.2, 0.25) is 0 Å². The first-order chi connectivity index (χ1) is 14.2. The van der Waals surface area contributed by atoms with E-state index >= 15 is 0 Å². The fourth-order valence-corrected chi connectivity index (χ4v) is 3.63. The van der Waals surface area contributed by atoms with Crippen molar-refractivity contribution >= 4 is 17.3 Å². The second-order valence-electron chi connectivity index (χ2n) is 7.65. The monoisotopic (exact) mass is 377 g/mol. The van der Waals surface area contributed by atoms with Crippen molar-refractivity contribution in [1.82, 2.24) is 0 Å². The summed E-state index contributed by atoms with van der Waals surface area (Å²) in [4.78, 5) is 0. The molecule has 4 rings (SSSR count). The van der Waals surface area contributed by atoms with E-state index in [9.17, 15) is 0 Å². The van der Waals surface area contributed by atoms with E-state index in [-0.39, 0.29) is 0 Å². The number of benzene rings is 3. The average molecular weight is 378 g/mol. The first-order valence-corrected chi connectivity index (χ1v) is 10.3. The van der Waals surface area contributed by atoms with Gasteiger partial charge in [-0.1, -0.05) is 90.5 Å². The second kappa shape index (κ2) is 8.79. The third-order valence-corrected chi connectivity index (χ3v) is 5.40. The van der Waals surface area contributed by atoms with Crippen LogP contribution in [-0.2, 0) is 6.42 Å². The summed E-state index contributed by atoms with van der Waals surface area (Å²) in [7, 11) is 0. The predicted octanol–water partition coefficient (Wildman–Crippen LogP) is 7.23. The van der Waals surface area contributed by atoms with Gasteiger partial charge < -0.3 is 5.73 Å². The minimum absolute atomic E-state index is 0.808. The van der Waals surface area contributed by atoms with E-state index < -0.39 is 0 Å². The molecular formula is C28H27N. The third kappa shape index (κ3) is 4.75. The Kier molecular flexibility index (Phi) is 5.76. The molecule has 0 unspecified atom stereocenters. The Labute approximate surface area is 173 Å². The molecule has 0 aliphatic heterocycles. The van der Waals surface area contributed by atoms with Crippen molar-refractivity contribution < 1.29 is 0 Å². The summed E-state index contributed by atoms with van der Waals surface area (Å²) in [5, 5.41) is 0. The Morgan fingerprint density at radius 2 is 1.55 bits per heavy atom. The SMILES string of the molecule is Cc1ccc(C/C=C\c2cc(-c3ccc(C4=CCCC=C4)cc3)ccc2N)cc1. The summed E-state index contributed by atoms with van der Waals surface area (Å²) < 4.78 is 0. The quantitative estimate of drug-likeness (QED) is 0.466. The van der Waals surface area contributed by atoms with Gasteiger partial charge in [0.05, 0.1) is 0 Å². The Morgan fingerprint density at radius 1 is 0.828 bits per heavy atom. The molecule has 0 fully saturated rings. The van der Waals surface area contributed by atoms with E-state index in [0.717, 1.165) is 30.5 Å². The average Bonchev–Trinajstić information content (AvgIpc) is 2.77. The lowest BCUT2D eigenvalue weighted by Crippen LogP contribution is -1.91. The Balaban J connectivity index is 1.51. The lowest BCUT2D eigenvalue weighted by atomic mass is 9.96. The molecule has 0 atom stereocenters. The topological polar surface area (TPSA) is 26.0 Å². The number of aryl methyl sites for hydroxylation is 1. The van der Waals surface area contributed by atoms with Crippen molar-refractivity contribution in [3.63, 3.8) is 0 Å². The lowest BCUT2D eigenvalue weighted by molar-refractivity contribution is 1.04. The lowest BCUT2D eigenvalue weighted by Gasteiger charge is -2.10. The third-order valence-electron chi connectivity index (χ3n) is 5.40. The molecule has 29 heavy (non-hydrogen) atoms. The van der Waals surface area contributed by atoms with Crippen LogP contribution in [0.3, 0.4) is 0 Å². The number of allylic oxidation sites excluding steroid dienone is 5. The molecule has 0 spiro atoms. The van der Waals surface area contributed by atoms with Gasteiger partial charge in [-0.15, -0.1) is 0 Å². The summed E-state index contributed by atoms with van der Waals surface area (Å²) in [6.07, 6.45) is 14.3. The van der Waals surface area contributed by atoms with Gasteiger partial charge in [-0.3, -0.25) is 0 Å². The molecule has 144 valence electrons. The molecular weight excluding hydrogens is 350 g/mol. The van der Waals surface area contributed by atoms with Crippen molar-refractivity contribution in [2.45, 2.75) is 26.2 Å². The highest BCUT2D eigenvalue weighted by Crippen LogP contribution is 2.28. The van der Waals surface area contributed by atoms with Crippen LogP contribution in [0.1, 0.15) is 35.1 Å². The molecule has 0 amide bonds. The van der Waals surface area contributed by atoms with Gasteiger partial charge in [0, 0.05) is 5.69 Å². The first kappa shape index (κ1) is 19.0. The molecule has 1 aliphatic rings. The van der Waals surface area contributed by atoms with E-state index in [1.54, 1.807) is 0 Å². The zero-order valence-electron chi connectivity index (χ0n) is 16.9. The van der Waals surface area contributed by atoms with E-state index in [1.165, 1.54) is 33.4 Å². The maximum atomic E-state index is 6.22. The smallest absolute Gasteiger partial charge is 0.0387 e. The summed E-state index contributed by atoms with van der Waals surface area (Å²) in [6, 6.07) is 23.8. The normalized spacial score (nSPS) is 13.6. The highest BCUT2D eigenvalue weighted by molar-refractivity contribution is 5.78. The molecule has 2 N–H and O–H groups in total. The van der Waals surface area contributed by atoms with Crippen LogP contribution in [0.4, 0.5) is 5.69 Å². The van der Waals surface area contributed by atoms with Gasteiger partial charge in [0.1, 0.15) is 0 Å². The number of hydrogen-bond donors (Lipinski definition) is 1. The van der Waals surface area contributed by atoms with Gasteiger partial charge in [-0.2, -0.15) is 0 Å². The largest absolute Gasteiger partial charge is 0.398 e. The number of nitrogens with two attached hydrogens (primary N) is 1. The molecule has 0 bridgehead atoms. The van der Waals surface area contributed by atoms with Crippen LogP contribution in [0, 0.1) is 6.92 Å². The molecule has 0 heterocycles. The fraction of sp³-hybridized carbons (Fsp3) is 0.143. The summed E-state index contributed by atoms with van der Waals surface area (Å²) >= 11 is 0. The molecule has 0 saturated carbocycles. The maximum Gasteiger partial charge on any atom is 0.0387 e. The fourth-order valence-electron chi connectivity index (χ4n) is 3.63. The van der Waals surface area contributed by atoms with Crippen LogP contribution >= 0.6 is 0 Å². The van der Waals surface area contributed by atoms with Crippen LogP contribution in [0.25, 0.3) is 22.8 Å². The van der Waals surface area contributed by atoms with E-state index in [4.69, 9.17) is 5.73 Å². The van der Waals surface area contributed by atoms with Gasteiger partial charge in [0.25, 0.3) is 0 Å². The number of anilines is 1. The van der Waals surface area contributed by atoms with Crippen molar-refractivity contribution in [2.24, 2.45) is 0 Å². The molecule has 1 nitrogen and oxygen atoms in total. The Hall–Kier alpha value is -3.32. The summed E-state index contributed by atoms with van der Waals surface area (Å²) in [6.45, 7) is 2.11. The number of hydrogen-bond acceptors (Lipinski definition) is 1. The Morgan fingerprint density at radius 3 is 2.28 bits per heavy atom. The standard InChI is InChI=1S/C28H27N/c1-21-10-12-22(13-11-21)6-5-9-27-20-26(18-19-28(27)29)25-16-14-24(15-17-25)23-7-3-2-4-8-23/h3,5,7-20H,2,4,6,29H2,1H3/b9-5-. The minimum Gasteiger partial charge on any atom is -0.398 e. The van der Waals surface area contributed by atoms with Crippen molar-refractivity contribution in [2.75, 3.05) is 5.73 Å². The molecule has 3 aromatic carbocycles. The zero-order valence-corrected chi connectivity index (χ0v) is 16.9. The van der Waals surface area contributed by atoms with Gasteiger partial charge >= 0.3 is 0 Å². The second-order valence-corrected chi connectivity index (χ2v) is 7.65. The summed E-state index contributed by atoms with van der Waals surface area (Å²) in [5.41, 5.74) is 15.7. The molecule has 1 aliphatic carbocycles.